The summed E-state index contributed by atoms with van der Waals surface area (Å²) in [5, 5.41) is 13.5. The zero-order valence-electron chi connectivity index (χ0n) is 25.5. The van der Waals surface area contributed by atoms with Gasteiger partial charge in [0.25, 0.3) is 0 Å². The molecule has 44 heavy (non-hydrogen) atoms. The van der Waals surface area contributed by atoms with Gasteiger partial charge < -0.3 is 24.5 Å². The third-order valence-corrected chi connectivity index (χ3v) is 8.07. The van der Waals surface area contributed by atoms with Crippen molar-refractivity contribution in [2.75, 3.05) is 62.8 Å². The van der Waals surface area contributed by atoms with Crippen molar-refractivity contribution in [2.24, 2.45) is 0 Å². The Balaban J connectivity index is 1.10. The number of aryl methyl sites for hydroxylation is 2. The van der Waals surface area contributed by atoms with Crippen molar-refractivity contribution in [3.05, 3.63) is 84.1 Å². The van der Waals surface area contributed by atoms with Crippen LogP contribution >= 0.6 is 0 Å². The van der Waals surface area contributed by atoms with E-state index >= 15 is 0 Å². The largest absolute Gasteiger partial charge is 0.464 e. The molecule has 1 atom stereocenters. The second kappa shape index (κ2) is 13.5. The fourth-order valence-corrected chi connectivity index (χ4v) is 5.56. The molecular weight excluding hydrogens is 554 g/mol. The Labute approximate surface area is 257 Å². The van der Waals surface area contributed by atoms with Crippen LogP contribution in [0.25, 0.3) is 33.4 Å². The van der Waals surface area contributed by atoms with Gasteiger partial charge in [-0.25, -0.2) is 19.9 Å². The van der Waals surface area contributed by atoms with Gasteiger partial charge in [0.15, 0.2) is 0 Å². The van der Waals surface area contributed by atoms with E-state index in [0.29, 0.717) is 19.0 Å². The maximum absolute atomic E-state index is 8.85. The van der Waals surface area contributed by atoms with Crippen molar-refractivity contribution in [1.29, 1.82) is 0 Å². The lowest BCUT2D eigenvalue weighted by Gasteiger charge is -2.34. The van der Waals surface area contributed by atoms with Gasteiger partial charge in [0, 0.05) is 73.7 Å². The van der Waals surface area contributed by atoms with Crippen LogP contribution < -0.4 is 10.2 Å². The number of ether oxygens (including phenoxy) is 1. The van der Waals surface area contributed by atoms with E-state index in [0.717, 1.165) is 89.0 Å². The van der Waals surface area contributed by atoms with E-state index in [2.05, 4.69) is 57.4 Å². The molecule has 0 amide bonds. The van der Waals surface area contributed by atoms with E-state index in [-0.39, 0.29) is 12.6 Å². The van der Waals surface area contributed by atoms with Gasteiger partial charge in [-0.2, -0.15) is 0 Å². The molecule has 0 unspecified atom stereocenters. The zero-order chi connectivity index (χ0) is 30.5. The van der Waals surface area contributed by atoms with Crippen LogP contribution in [0.15, 0.2) is 71.6 Å². The molecule has 1 aliphatic rings. The summed E-state index contributed by atoms with van der Waals surface area (Å²) in [6, 6.07) is 16.6. The minimum atomic E-state index is 0.0150. The lowest BCUT2D eigenvalue weighted by molar-refractivity contribution is 0.0724. The SMILES string of the molecule is Cc1nc(N[C@@H](C)c2cccc(-c3cnc(N4CCN(CCOCCO)CC4)nc3)c2)cc(-c2ccc3occ(C)c3c2)n1. The molecule has 2 aromatic carbocycles. The molecule has 1 fully saturated rings. The van der Waals surface area contributed by atoms with Crippen molar-refractivity contribution in [3.8, 4) is 22.4 Å². The van der Waals surface area contributed by atoms with Crippen molar-refractivity contribution < 1.29 is 14.3 Å². The summed E-state index contributed by atoms with van der Waals surface area (Å²) in [5.74, 6) is 2.24. The van der Waals surface area contributed by atoms with Crippen LogP contribution in [-0.4, -0.2) is 82.5 Å². The second-order valence-corrected chi connectivity index (χ2v) is 11.2. The van der Waals surface area contributed by atoms with E-state index < -0.39 is 0 Å². The Hall–Kier alpha value is -4.38. The third kappa shape index (κ3) is 6.88. The first-order chi connectivity index (χ1) is 21.5. The minimum absolute atomic E-state index is 0.0150. The van der Waals surface area contributed by atoms with Crippen molar-refractivity contribution in [2.45, 2.75) is 26.8 Å². The topological polar surface area (TPSA) is 113 Å². The smallest absolute Gasteiger partial charge is 0.225 e. The summed E-state index contributed by atoms with van der Waals surface area (Å²) >= 11 is 0. The van der Waals surface area contributed by atoms with Gasteiger partial charge in [0.2, 0.25) is 5.95 Å². The van der Waals surface area contributed by atoms with E-state index in [9.17, 15) is 0 Å². The number of fused-ring (bicyclic) bond motifs is 1. The molecule has 4 heterocycles. The average molecular weight is 594 g/mol. The first-order valence-corrected chi connectivity index (χ1v) is 15.2. The highest BCUT2D eigenvalue weighted by Gasteiger charge is 2.19. The molecule has 0 bridgehead atoms. The maximum Gasteiger partial charge on any atom is 0.225 e. The Morgan fingerprint density at radius 1 is 0.932 bits per heavy atom. The summed E-state index contributed by atoms with van der Waals surface area (Å²) in [7, 11) is 0. The van der Waals surface area contributed by atoms with Crippen LogP contribution in [0.4, 0.5) is 11.8 Å². The first kappa shape index (κ1) is 29.7. The van der Waals surface area contributed by atoms with Crippen LogP contribution in [0.3, 0.4) is 0 Å². The Morgan fingerprint density at radius 3 is 2.55 bits per heavy atom. The molecule has 6 rings (SSSR count). The summed E-state index contributed by atoms with van der Waals surface area (Å²) in [4.78, 5) is 23.4. The number of hydrogen-bond acceptors (Lipinski definition) is 10. The maximum atomic E-state index is 8.85. The number of rotatable bonds is 11. The standard InChI is InChI=1S/C34H39N7O3/c1-23-22-44-32-8-7-28(18-30(23)32)31-19-33(39-25(3)38-31)37-24(2)26-5-4-6-27(17-26)29-20-35-34(36-21-29)41-11-9-40(10-12-41)13-15-43-16-14-42/h4-8,17-22,24,42H,9-16H2,1-3H3,(H,37,38,39)/t24-/m0/s1. The second-order valence-electron chi connectivity index (χ2n) is 11.2. The normalized spacial score (nSPS) is 14.7. The Kier molecular flexibility index (Phi) is 9.11. The molecule has 1 saturated heterocycles. The summed E-state index contributed by atoms with van der Waals surface area (Å²) in [6.07, 6.45) is 5.60. The monoisotopic (exact) mass is 593 g/mol. The van der Waals surface area contributed by atoms with Gasteiger partial charge >= 0.3 is 0 Å². The molecule has 228 valence electrons. The number of anilines is 2. The fraction of sp³-hybridized carbons (Fsp3) is 0.353. The summed E-state index contributed by atoms with van der Waals surface area (Å²) in [6.45, 7) is 11.7. The third-order valence-electron chi connectivity index (χ3n) is 8.07. The quantitative estimate of drug-likeness (QED) is 0.197. The van der Waals surface area contributed by atoms with Crippen molar-refractivity contribution in [1.82, 2.24) is 24.8 Å². The molecule has 5 aromatic rings. The Bertz CT molecular complexity index is 1700. The van der Waals surface area contributed by atoms with Crippen LogP contribution in [0.2, 0.25) is 0 Å². The summed E-state index contributed by atoms with van der Waals surface area (Å²) < 4.78 is 11.0. The number of piperazine rings is 1. The van der Waals surface area contributed by atoms with Gasteiger partial charge in [-0.05, 0) is 61.7 Å². The van der Waals surface area contributed by atoms with Crippen LogP contribution in [0.1, 0.15) is 29.9 Å². The number of benzene rings is 2. The number of nitrogens with one attached hydrogen (secondary N) is 1. The highest BCUT2D eigenvalue weighted by atomic mass is 16.5. The molecule has 0 saturated carbocycles. The molecule has 0 spiro atoms. The molecule has 1 aliphatic heterocycles. The van der Waals surface area contributed by atoms with E-state index in [1.165, 1.54) is 0 Å². The van der Waals surface area contributed by atoms with Crippen molar-refractivity contribution in [3.63, 3.8) is 0 Å². The number of aliphatic hydroxyl groups is 1. The first-order valence-electron chi connectivity index (χ1n) is 15.2. The lowest BCUT2D eigenvalue weighted by atomic mass is 10.0. The van der Waals surface area contributed by atoms with Crippen LogP contribution in [0, 0.1) is 13.8 Å². The fourth-order valence-electron chi connectivity index (χ4n) is 5.56. The minimum Gasteiger partial charge on any atom is -0.464 e. The molecule has 10 heteroatoms. The van der Waals surface area contributed by atoms with E-state index in [4.69, 9.17) is 29.2 Å². The number of aromatic nitrogens is 4. The highest BCUT2D eigenvalue weighted by Crippen LogP contribution is 2.29. The van der Waals surface area contributed by atoms with Crippen LogP contribution in [-0.2, 0) is 4.74 Å². The molecule has 10 nitrogen and oxygen atoms in total. The zero-order valence-corrected chi connectivity index (χ0v) is 25.5. The van der Waals surface area contributed by atoms with E-state index in [1.807, 2.05) is 44.4 Å². The molecular formula is C34H39N7O3. The Morgan fingerprint density at radius 2 is 1.75 bits per heavy atom. The average Bonchev–Trinajstić information content (AvgIpc) is 3.43. The number of furan rings is 1. The van der Waals surface area contributed by atoms with Gasteiger partial charge in [0.1, 0.15) is 17.2 Å². The summed E-state index contributed by atoms with van der Waals surface area (Å²) in [5.41, 5.74) is 7.06. The highest BCUT2D eigenvalue weighted by molar-refractivity contribution is 5.85. The predicted octanol–water partition coefficient (Wildman–Crippen LogP) is 5.27. The molecule has 0 aliphatic carbocycles. The number of hydrogen-bond donors (Lipinski definition) is 2. The van der Waals surface area contributed by atoms with Gasteiger partial charge in [0.05, 0.1) is 31.8 Å². The van der Waals surface area contributed by atoms with Crippen molar-refractivity contribution >= 4 is 22.7 Å². The van der Waals surface area contributed by atoms with Gasteiger partial charge in [-0.3, -0.25) is 4.90 Å². The predicted molar refractivity (Wildman–Crippen MR) is 173 cm³/mol. The van der Waals surface area contributed by atoms with Gasteiger partial charge in [-0.1, -0.05) is 18.2 Å². The molecule has 3 aromatic heterocycles. The molecule has 2 N–H and O–H groups in total. The number of nitrogens with zero attached hydrogens (tertiary/aromatic N) is 6. The van der Waals surface area contributed by atoms with E-state index in [1.54, 1.807) is 6.26 Å². The lowest BCUT2D eigenvalue weighted by Crippen LogP contribution is -2.47. The van der Waals surface area contributed by atoms with Gasteiger partial charge in [-0.15, -0.1) is 0 Å². The number of aliphatic hydroxyl groups excluding tert-OH is 1. The van der Waals surface area contributed by atoms with Crippen LogP contribution in [0.5, 0.6) is 0 Å². The molecule has 0 radical (unpaired) electrons.